The second kappa shape index (κ2) is 12.8. The van der Waals surface area contributed by atoms with Gasteiger partial charge in [-0.15, -0.1) is 0 Å². The SMILES string of the molecule is CCCC(C)C.CN1CCCC(Cn2c(CN(C)C3CCCc4cccnc43)nc3ccccc32)C1. The second-order valence-electron chi connectivity index (χ2n) is 11.5. The van der Waals surface area contributed by atoms with Crippen molar-refractivity contribution in [1.29, 1.82) is 0 Å². The van der Waals surface area contributed by atoms with Crippen LogP contribution in [0, 0.1) is 11.8 Å². The van der Waals surface area contributed by atoms with Gasteiger partial charge >= 0.3 is 0 Å². The van der Waals surface area contributed by atoms with E-state index >= 15 is 0 Å². The van der Waals surface area contributed by atoms with E-state index in [-0.39, 0.29) is 0 Å². The van der Waals surface area contributed by atoms with E-state index < -0.39 is 0 Å². The molecule has 5 rings (SSSR count). The Labute approximate surface area is 218 Å². The fourth-order valence-corrected chi connectivity index (χ4v) is 6.05. The van der Waals surface area contributed by atoms with Crippen molar-refractivity contribution in [2.24, 2.45) is 11.8 Å². The number of imidazole rings is 1. The normalized spacial score (nSPS) is 20.4. The van der Waals surface area contributed by atoms with Crippen molar-refractivity contribution in [2.45, 2.75) is 84.8 Å². The zero-order chi connectivity index (χ0) is 25.5. The molecule has 0 saturated carbocycles. The maximum Gasteiger partial charge on any atom is 0.124 e. The highest BCUT2D eigenvalue weighted by molar-refractivity contribution is 5.75. The average molecular weight is 490 g/mol. The lowest BCUT2D eigenvalue weighted by Gasteiger charge is -2.33. The van der Waals surface area contributed by atoms with Crippen LogP contribution in [-0.2, 0) is 19.5 Å². The summed E-state index contributed by atoms with van der Waals surface area (Å²) in [6.45, 7) is 11.1. The van der Waals surface area contributed by atoms with Crippen molar-refractivity contribution in [1.82, 2.24) is 24.3 Å². The third-order valence-corrected chi connectivity index (χ3v) is 7.85. The molecule has 5 nitrogen and oxygen atoms in total. The summed E-state index contributed by atoms with van der Waals surface area (Å²) in [5.41, 5.74) is 5.07. The van der Waals surface area contributed by atoms with Gasteiger partial charge in [0.15, 0.2) is 0 Å². The molecule has 2 aromatic heterocycles. The minimum Gasteiger partial charge on any atom is -0.327 e. The zero-order valence-corrected chi connectivity index (χ0v) is 23.3. The fraction of sp³-hybridized carbons (Fsp3) is 0.613. The van der Waals surface area contributed by atoms with Crippen LogP contribution in [-0.4, -0.2) is 51.5 Å². The number of para-hydroxylation sites is 2. The highest BCUT2D eigenvalue weighted by Gasteiger charge is 2.27. The molecule has 3 heterocycles. The molecular weight excluding hydrogens is 442 g/mol. The molecule has 1 saturated heterocycles. The van der Waals surface area contributed by atoms with Gasteiger partial charge in [0.1, 0.15) is 5.82 Å². The lowest BCUT2D eigenvalue weighted by Crippen LogP contribution is -2.35. The van der Waals surface area contributed by atoms with Crippen LogP contribution >= 0.6 is 0 Å². The summed E-state index contributed by atoms with van der Waals surface area (Å²) in [7, 11) is 4.49. The van der Waals surface area contributed by atoms with Gasteiger partial charge in [-0.2, -0.15) is 0 Å². The molecule has 0 radical (unpaired) electrons. The van der Waals surface area contributed by atoms with Crippen LogP contribution in [0.3, 0.4) is 0 Å². The molecule has 0 amide bonds. The van der Waals surface area contributed by atoms with Crippen molar-refractivity contribution in [3.05, 3.63) is 59.7 Å². The molecular formula is C31H47N5. The van der Waals surface area contributed by atoms with Crippen LogP contribution in [0.5, 0.6) is 0 Å². The van der Waals surface area contributed by atoms with E-state index in [2.05, 4.69) is 85.6 Å². The number of likely N-dealkylation sites (tertiary alicyclic amines) is 1. The minimum atomic E-state index is 0.379. The lowest BCUT2D eigenvalue weighted by molar-refractivity contribution is 0.184. The van der Waals surface area contributed by atoms with E-state index in [1.807, 2.05) is 6.20 Å². The first-order valence-corrected chi connectivity index (χ1v) is 14.2. The predicted octanol–water partition coefficient (Wildman–Crippen LogP) is 6.73. The number of benzene rings is 1. The van der Waals surface area contributed by atoms with E-state index in [1.165, 1.54) is 74.2 Å². The van der Waals surface area contributed by atoms with Crippen LogP contribution in [0.2, 0.25) is 0 Å². The summed E-state index contributed by atoms with van der Waals surface area (Å²) < 4.78 is 2.50. The Morgan fingerprint density at radius 1 is 1.08 bits per heavy atom. The zero-order valence-electron chi connectivity index (χ0n) is 23.3. The number of nitrogens with zero attached hydrogens (tertiary/aromatic N) is 5. The van der Waals surface area contributed by atoms with Gasteiger partial charge < -0.3 is 9.47 Å². The molecule has 0 spiro atoms. The number of aromatic nitrogens is 3. The van der Waals surface area contributed by atoms with Gasteiger partial charge in [-0.1, -0.05) is 51.8 Å². The molecule has 36 heavy (non-hydrogen) atoms. The van der Waals surface area contributed by atoms with E-state index in [0.717, 1.165) is 30.9 Å². The van der Waals surface area contributed by atoms with Crippen LogP contribution in [0.1, 0.15) is 82.4 Å². The monoisotopic (exact) mass is 489 g/mol. The Bertz CT molecular complexity index is 1090. The maximum absolute atomic E-state index is 5.08. The largest absolute Gasteiger partial charge is 0.327 e. The molecule has 1 aliphatic heterocycles. The molecule has 0 bridgehead atoms. The predicted molar refractivity (Wildman–Crippen MR) is 151 cm³/mol. The van der Waals surface area contributed by atoms with Crippen LogP contribution in [0.25, 0.3) is 11.0 Å². The quantitative estimate of drug-likeness (QED) is 0.369. The highest BCUT2D eigenvalue weighted by Crippen LogP contribution is 2.33. The molecule has 196 valence electrons. The summed E-state index contributed by atoms with van der Waals surface area (Å²) in [5.74, 6) is 2.78. The minimum absolute atomic E-state index is 0.379. The first-order chi connectivity index (χ1) is 17.5. The van der Waals surface area contributed by atoms with Gasteiger partial charge in [0, 0.05) is 19.3 Å². The van der Waals surface area contributed by atoms with Crippen LogP contribution in [0.15, 0.2) is 42.6 Å². The Morgan fingerprint density at radius 3 is 2.67 bits per heavy atom. The smallest absolute Gasteiger partial charge is 0.124 e. The Hall–Kier alpha value is -2.24. The topological polar surface area (TPSA) is 37.2 Å². The Morgan fingerprint density at radius 2 is 1.92 bits per heavy atom. The summed E-state index contributed by atoms with van der Waals surface area (Å²) >= 11 is 0. The number of fused-ring (bicyclic) bond motifs is 2. The van der Waals surface area contributed by atoms with Crippen molar-refractivity contribution in [3.63, 3.8) is 0 Å². The lowest BCUT2D eigenvalue weighted by atomic mass is 9.91. The van der Waals surface area contributed by atoms with E-state index in [0.29, 0.717) is 12.0 Å². The molecule has 1 fully saturated rings. The first kappa shape index (κ1) is 26.8. The van der Waals surface area contributed by atoms with Crippen molar-refractivity contribution >= 4 is 11.0 Å². The highest BCUT2D eigenvalue weighted by atomic mass is 15.2. The van der Waals surface area contributed by atoms with E-state index in [9.17, 15) is 0 Å². The molecule has 1 aliphatic carbocycles. The van der Waals surface area contributed by atoms with Crippen molar-refractivity contribution in [3.8, 4) is 0 Å². The molecule has 3 aromatic rings. The fourth-order valence-electron chi connectivity index (χ4n) is 6.05. The number of hydrogen-bond donors (Lipinski definition) is 0. The third-order valence-electron chi connectivity index (χ3n) is 7.85. The van der Waals surface area contributed by atoms with Crippen LogP contribution < -0.4 is 0 Å². The van der Waals surface area contributed by atoms with Crippen molar-refractivity contribution < 1.29 is 0 Å². The number of pyridine rings is 1. The van der Waals surface area contributed by atoms with Gasteiger partial charge in [0.25, 0.3) is 0 Å². The van der Waals surface area contributed by atoms with E-state index in [4.69, 9.17) is 9.97 Å². The van der Waals surface area contributed by atoms with Crippen molar-refractivity contribution in [2.75, 3.05) is 27.2 Å². The summed E-state index contributed by atoms with van der Waals surface area (Å²) in [5, 5.41) is 0. The van der Waals surface area contributed by atoms with Gasteiger partial charge in [-0.05, 0) is 88.3 Å². The Kier molecular flexibility index (Phi) is 9.55. The first-order valence-electron chi connectivity index (χ1n) is 14.2. The summed E-state index contributed by atoms with van der Waals surface area (Å²) in [6, 6.07) is 13.3. The van der Waals surface area contributed by atoms with Gasteiger partial charge in [0.05, 0.1) is 29.3 Å². The van der Waals surface area contributed by atoms with Crippen LogP contribution in [0.4, 0.5) is 0 Å². The number of rotatable bonds is 7. The number of piperidine rings is 1. The molecule has 0 N–H and O–H groups in total. The van der Waals surface area contributed by atoms with E-state index in [1.54, 1.807) is 0 Å². The molecule has 2 aliphatic rings. The summed E-state index contributed by atoms with van der Waals surface area (Å²) in [4.78, 5) is 14.8. The standard InChI is InChI=1S/C25H33N5.C6H14/c1-28-15-7-8-19(16-28)17-30-22-12-4-3-11-21(22)27-24(30)18-29(2)23-13-5-9-20-10-6-14-26-25(20)23;1-4-5-6(2)3/h3-4,6,10-12,14,19,23H,5,7-9,13,15-18H2,1-2H3;6H,4-5H2,1-3H3. The van der Waals surface area contributed by atoms with Gasteiger partial charge in [0.2, 0.25) is 0 Å². The second-order valence-corrected chi connectivity index (χ2v) is 11.5. The molecule has 2 atom stereocenters. The number of aryl methyl sites for hydroxylation is 1. The third kappa shape index (κ3) is 6.74. The Balaban J connectivity index is 0.000000455. The van der Waals surface area contributed by atoms with Gasteiger partial charge in [-0.3, -0.25) is 9.88 Å². The summed E-state index contributed by atoms with van der Waals surface area (Å²) in [6.07, 6.45) is 10.8. The maximum atomic E-state index is 5.08. The number of hydrogen-bond acceptors (Lipinski definition) is 4. The average Bonchev–Trinajstić information content (AvgIpc) is 3.20. The molecule has 1 aromatic carbocycles. The molecule has 2 unspecified atom stereocenters. The molecule has 5 heteroatoms. The van der Waals surface area contributed by atoms with Gasteiger partial charge in [-0.25, -0.2) is 4.98 Å².